The van der Waals surface area contributed by atoms with Gasteiger partial charge in [-0.1, -0.05) is 12.1 Å². The Morgan fingerprint density at radius 2 is 2.11 bits per heavy atom. The Labute approximate surface area is 105 Å². The van der Waals surface area contributed by atoms with Crippen molar-refractivity contribution in [3.63, 3.8) is 0 Å². The van der Waals surface area contributed by atoms with Gasteiger partial charge in [0.05, 0.1) is 13.3 Å². The largest absolute Gasteiger partial charge is 0.497 e. The van der Waals surface area contributed by atoms with Crippen molar-refractivity contribution in [2.24, 2.45) is 0 Å². The van der Waals surface area contributed by atoms with Gasteiger partial charge in [-0.2, -0.15) is 9.78 Å². The van der Waals surface area contributed by atoms with E-state index in [-0.39, 0.29) is 6.03 Å². The molecule has 0 atom stereocenters. The molecule has 0 radical (unpaired) electrons. The second kappa shape index (κ2) is 5.35. The van der Waals surface area contributed by atoms with E-state index in [4.69, 9.17) is 4.74 Å². The number of methoxy groups -OCH3 is 1. The molecule has 1 aromatic heterocycles. The van der Waals surface area contributed by atoms with Crippen LogP contribution >= 0.6 is 0 Å². The Morgan fingerprint density at radius 3 is 2.67 bits per heavy atom. The van der Waals surface area contributed by atoms with Crippen LogP contribution in [-0.4, -0.2) is 22.9 Å². The van der Waals surface area contributed by atoms with Crippen molar-refractivity contribution < 1.29 is 9.53 Å². The summed E-state index contributed by atoms with van der Waals surface area (Å²) in [6, 6.07) is 7.30. The predicted molar refractivity (Wildman–Crippen MR) is 67.6 cm³/mol. The number of hydrogen-bond acceptors (Lipinski definition) is 3. The molecule has 18 heavy (non-hydrogen) atoms. The van der Waals surface area contributed by atoms with E-state index < -0.39 is 0 Å². The number of ether oxygens (including phenoxy) is 1. The molecular weight excluding hydrogens is 230 g/mol. The van der Waals surface area contributed by atoms with Gasteiger partial charge in [-0.05, 0) is 30.2 Å². The van der Waals surface area contributed by atoms with E-state index >= 15 is 0 Å². The van der Waals surface area contributed by atoms with Gasteiger partial charge in [-0.15, -0.1) is 0 Å². The van der Waals surface area contributed by atoms with Crippen molar-refractivity contribution >= 4 is 6.03 Å². The van der Waals surface area contributed by atoms with E-state index in [9.17, 15) is 4.79 Å². The molecule has 94 valence electrons. The second-order valence-electron chi connectivity index (χ2n) is 3.97. The molecule has 5 nitrogen and oxygen atoms in total. The number of amides is 1. The zero-order valence-corrected chi connectivity index (χ0v) is 10.4. The van der Waals surface area contributed by atoms with Crippen LogP contribution in [0.2, 0.25) is 0 Å². The van der Waals surface area contributed by atoms with Gasteiger partial charge >= 0.3 is 6.03 Å². The normalized spacial score (nSPS) is 10.1. The number of aryl methyl sites for hydroxylation is 1. The Morgan fingerprint density at radius 1 is 1.39 bits per heavy atom. The third kappa shape index (κ3) is 2.88. The maximum atomic E-state index is 11.7. The van der Waals surface area contributed by atoms with Crippen LogP contribution in [-0.2, 0) is 6.54 Å². The standard InChI is InChI=1S/C13H15N3O2/c1-10-7-15-16(9-10)13(17)14-8-11-3-5-12(18-2)6-4-11/h3-7,9H,8H2,1-2H3,(H,14,17). The highest BCUT2D eigenvalue weighted by atomic mass is 16.5. The summed E-state index contributed by atoms with van der Waals surface area (Å²) in [5, 5.41) is 6.73. The number of hydrogen-bond donors (Lipinski definition) is 1. The maximum Gasteiger partial charge on any atom is 0.342 e. The molecule has 0 saturated carbocycles. The van der Waals surface area contributed by atoms with Crippen LogP contribution < -0.4 is 10.1 Å². The SMILES string of the molecule is COc1ccc(CNC(=O)n2cc(C)cn2)cc1. The first-order chi connectivity index (χ1) is 8.69. The summed E-state index contributed by atoms with van der Waals surface area (Å²) in [7, 11) is 1.62. The molecule has 5 heteroatoms. The minimum Gasteiger partial charge on any atom is -0.497 e. The van der Waals surface area contributed by atoms with Crippen molar-refractivity contribution in [3.8, 4) is 5.75 Å². The minimum absolute atomic E-state index is 0.237. The minimum atomic E-state index is -0.237. The molecule has 1 N–H and O–H groups in total. The van der Waals surface area contributed by atoms with Gasteiger partial charge in [0.15, 0.2) is 0 Å². The summed E-state index contributed by atoms with van der Waals surface area (Å²) in [6.07, 6.45) is 3.33. The zero-order chi connectivity index (χ0) is 13.0. The third-order valence-electron chi connectivity index (χ3n) is 2.52. The number of benzene rings is 1. The molecule has 1 amide bonds. The lowest BCUT2D eigenvalue weighted by molar-refractivity contribution is 0.239. The molecule has 2 rings (SSSR count). The first kappa shape index (κ1) is 12.2. The van der Waals surface area contributed by atoms with E-state index in [0.29, 0.717) is 6.54 Å². The lowest BCUT2D eigenvalue weighted by atomic mass is 10.2. The van der Waals surface area contributed by atoms with E-state index in [0.717, 1.165) is 16.9 Å². The first-order valence-corrected chi connectivity index (χ1v) is 5.61. The van der Waals surface area contributed by atoms with Crippen LogP contribution in [0.5, 0.6) is 5.75 Å². The predicted octanol–water partition coefficient (Wildman–Crippen LogP) is 1.96. The van der Waals surface area contributed by atoms with Crippen molar-refractivity contribution in [1.29, 1.82) is 0 Å². The Balaban J connectivity index is 1.92. The van der Waals surface area contributed by atoms with Gasteiger partial charge in [0.1, 0.15) is 5.75 Å². The van der Waals surface area contributed by atoms with E-state index in [1.54, 1.807) is 19.5 Å². The van der Waals surface area contributed by atoms with Crippen molar-refractivity contribution in [2.75, 3.05) is 7.11 Å². The first-order valence-electron chi connectivity index (χ1n) is 5.61. The molecule has 0 spiro atoms. The number of carbonyl (C=O) groups is 1. The molecule has 1 heterocycles. The van der Waals surface area contributed by atoms with Crippen LogP contribution in [0.1, 0.15) is 11.1 Å². The highest BCUT2D eigenvalue weighted by Gasteiger charge is 2.04. The summed E-state index contributed by atoms with van der Waals surface area (Å²) in [6.45, 7) is 2.35. The van der Waals surface area contributed by atoms with E-state index in [1.807, 2.05) is 31.2 Å². The zero-order valence-electron chi connectivity index (χ0n) is 10.4. The quantitative estimate of drug-likeness (QED) is 0.899. The smallest absolute Gasteiger partial charge is 0.342 e. The van der Waals surface area contributed by atoms with Gasteiger partial charge < -0.3 is 10.1 Å². The molecular formula is C13H15N3O2. The summed E-state index contributed by atoms with van der Waals surface area (Å²) < 4.78 is 6.36. The van der Waals surface area contributed by atoms with Gasteiger partial charge in [0.25, 0.3) is 0 Å². The Bertz CT molecular complexity index is 531. The Hall–Kier alpha value is -2.30. The fourth-order valence-electron chi connectivity index (χ4n) is 1.53. The molecule has 0 aliphatic rings. The van der Waals surface area contributed by atoms with E-state index in [1.165, 1.54) is 4.68 Å². The molecule has 1 aromatic carbocycles. The molecule has 0 aliphatic carbocycles. The van der Waals surface area contributed by atoms with Crippen molar-refractivity contribution in [1.82, 2.24) is 15.1 Å². The number of rotatable bonds is 3. The summed E-state index contributed by atoms with van der Waals surface area (Å²) in [4.78, 5) is 11.7. The Kier molecular flexibility index (Phi) is 3.62. The van der Waals surface area contributed by atoms with E-state index in [2.05, 4.69) is 10.4 Å². The highest BCUT2D eigenvalue weighted by Crippen LogP contribution is 2.10. The van der Waals surface area contributed by atoms with Gasteiger partial charge in [-0.3, -0.25) is 0 Å². The second-order valence-corrected chi connectivity index (χ2v) is 3.97. The number of nitrogens with one attached hydrogen (secondary N) is 1. The van der Waals surface area contributed by atoms with Crippen LogP contribution in [0.4, 0.5) is 4.79 Å². The fourth-order valence-corrected chi connectivity index (χ4v) is 1.53. The van der Waals surface area contributed by atoms with Crippen LogP contribution in [0.3, 0.4) is 0 Å². The molecule has 0 fully saturated rings. The molecule has 0 unspecified atom stereocenters. The van der Waals surface area contributed by atoms with Gasteiger partial charge in [0.2, 0.25) is 0 Å². The maximum absolute atomic E-state index is 11.7. The third-order valence-corrected chi connectivity index (χ3v) is 2.52. The topological polar surface area (TPSA) is 56.1 Å². The highest BCUT2D eigenvalue weighted by molar-refractivity contribution is 5.75. The number of nitrogens with zero attached hydrogens (tertiary/aromatic N) is 2. The van der Waals surface area contributed by atoms with Crippen molar-refractivity contribution in [2.45, 2.75) is 13.5 Å². The lowest BCUT2D eigenvalue weighted by Crippen LogP contribution is -2.28. The van der Waals surface area contributed by atoms with Crippen molar-refractivity contribution in [3.05, 3.63) is 47.8 Å². The monoisotopic (exact) mass is 245 g/mol. The van der Waals surface area contributed by atoms with Crippen LogP contribution in [0, 0.1) is 6.92 Å². The lowest BCUT2D eigenvalue weighted by Gasteiger charge is -2.05. The average Bonchev–Trinajstić information content (AvgIpc) is 2.83. The number of aromatic nitrogens is 2. The average molecular weight is 245 g/mol. The summed E-state index contributed by atoms with van der Waals surface area (Å²) >= 11 is 0. The number of carbonyl (C=O) groups excluding carboxylic acids is 1. The van der Waals surface area contributed by atoms with Gasteiger partial charge in [-0.25, -0.2) is 4.79 Å². The summed E-state index contributed by atoms with van der Waals surface area (Å²) in [5.41, 5.74) is 1.96. The molecule has 0 saturated heterocycles. The summed E-state index contributed by atoms with van der Waals surface area (Å²) in [5.74, 6) is 0.799. The van der Waals surface area contributed by atoms with Crippen LogP contribution in [0.25, 0.3) is 0 Å². The molecule has 0 aliphatic heterocycles. The molecule has 2 aromatic rings. The van der Waals surface area contributed by atoms with Crippen LogP contribution in [0.15, 0.2) is 36.7 Å². The van der Waals surface area contributed by atoms with Gasteiger partial charge in [0, 0.05) is 12.7 Å². The fraction of sp³-hybridized carbons (Fsp3) is 0.231. The molecule has 0 bridgehead atoms.